The topological polar surface area (TPSA) is 78.9 Å². The van der Waals surface area contributed by atoms with Crippen LogP contribution in [0.2, 0.25) is 0 Å². The largest absolute Gasteiger partial charge is 0.462 e. The molecule has 1 atom stereocenters. The Morgan fingerprint density at radius 2 is 0.639 bits per heavy atom. The van der Waals surface area contributed by atoms with Crippen molar-refractivity contribution in [2.45, 2.75) is 207 Å². The SMILES string of the molecule is CC/C=C\C/C=C\C/C=C\C/C=C\CCCCC(=O)OCC(COC(=O)CCCCC/C=C\C/C=C\C/C=C\CC)OC(=O)CCCCCCC/C=C\C/C=C\CCCCC. The van der Waals surface area contributed by atoms with Crippen LogP contribution in [0.5, 0.6) is 0 Å². The lowest BCUT2D eigenvalue weighted by atomic mass is 10.1. The molecular weight excluding hydrogens is 757 g/mol. The monoisotopic (exact) mass is 845 g/mol. The standard InChI is InChI=1S/C55H88O6/c1-4-7-10-13-16-19-22-25-27-30-33-36-39-42-45-48-54(57)60-51-52(50-59-53(56)47-44-41-38-35-32-29-24-21-18-15-12-9-6-3)61-55(58)49-46-43-40-37-34-31-28-26-23-20-17-14-11-8-5-2/h7,9-10,12,16-21,25-29,32-33,36,52H,4-6,8,11,13-15,22-24,30-31,34-35,37-51H2,1-3H3/b10-7-,12-9-,19-16-,20-17-,21-18-,27-25-,28-26-,32-29-,36-33-. The summed E-state index contributed by atoms with van der Waals surface area (Å²) in [5, 5.41) is 0. The number of carbonyl (C=O) groups excluding carboxylic acids is 3. The van der Waals surface area contributed by atoms with Gasteiger partial charge < -0.3 is 14.2 Å². The zero-order valence-electron chi connectivity index (χ0n) is 39.1. The second-order valence-electron chi connectivity index (χ2n) is 15.6. The molecule has 0 heterocycles. The number of hydrogen-bond donors (Lipinski definition) is 0. The normalized spacial score (nSPS) is 13.0. The number of esters is 3. The van der Waals surface area contributed by atoms with Gasteiger partial charge in [0, 0.05) is 19.3 Å². The second-order valence-corrected chi connectivity index (χ2v) is 15.6. The molecule has 6 nitrogen and oxygen atoms in total. The van der Waals surface area contributed by atoms with Crippen LogP contribution in [-0.2, 0) is 28.6 Å². The van der Waals surface area contributed by atoms with E-state index in [4.69, 9.17) is 14.2 Å². The van der Waals surface area contributed by atoms with Crippen molar-refractivity contribution in [1.82, 2.24) is 0 Å². The molecule has 6 heteroatoms. The second kappa shape index (κ2) is 48.7. The highest BCUT2D eigenvalue weighted by molar-refractivity contribution is 5.71. The lowest BCUT2D eigenvalue weighted by Gasteiger charge is -2.18. The van der Waals surface area contributed by atoms with Gasteiger partial charge in [0.25, 0.3) is 0 Å². The summed E-state index contributed by atoms with van der Waals surface area (Å²) in [7, 11) is 0. The first-order valence-corrected chi connectivity index (χ1v) is 24.4. The first-order valence-electron chi connectivity index (χ1n) is 24.4. The van der Waals surface area contributed by atoms with Crippen LogP contribution >= 0.6 is 0 Å². The number of unbranched alkanes of at least 4 members (excludes halogenated alkanes) is 13. The Morgan fingerprint density at radius 1 is 0.344 bits per heavy atom. The third-order valence-electron chi connectivity index (χ3n) is 9.74. The Bertz CT molecular complexity index is 1290. The summed E-state index contributed by atoms with van der Waals surface area (Å²) in [4.78, 5) is 37.9. The molecule has 0 rings (SSSR count). The van der Waals surface area contributed by atoms with Crippen LogP contribution < -0.4 is 0 Å². The van der Waals surface area contributed by atoms with Crippen LogP contribution in [0.4, 0.5) is 0 Å². The van der Waals surface area contributed by atoms with Crippen molar-refractivity contribution >= 4 is 17.9 Å². The van der Waals surface area contributed by atoms with Crippen molar-refractivity contribution in [1.29, 1.82) is 0 Å². The van der Waals surface area contributed by atoms with E-state index in [1.807, 2.05) is 0 Å². The van der Waals surface area contributed by atoms with Crippen LogP contribution in [0.25, 0.3) is 0 Å². The highest BCUT2D eigenvalue weighted by Gasteiger charge is 2.19. The number of allylic oxidation sites excluding steroid dienone is 18. The average molecular weight is 845 g/mol. The van der Waals surface area contributed by atoms with Gasteiger partial charge in [-0.2, -0.15) is 0 Å². The Kier molecular flexibility index (Phi) is 45.6. The van der Waals surface area contributed by atoms with Gasteiger partial charge >= 0.3 is 17.9 Å². The zero-order valence-corrected chi connectivity index (χ0v) is 39.1. The van der Waals surface area contributed by atoms with Gasteiger partial charge in [0.1, 0.15) is 13.2 Å². The van der Waals surface area contributed by atoms with E-state index < -0.39 is 6.10 Å². The number of ether oxygens (including phenoxy) is 3. The molecule has 0 saturated heterocycles. The number of rotatable bonds is 42. The van der Waals surface area contributed by atoms with Crippen LogP contribution in [0.15, 0.2) is 109 Å². The third kappa shape index (κ3) is 47.0. The summed E-state index contributed by atoms with van der Waals surface area (Å²) in [6.45, 7) is 6.28. The molecule has 0 radical (unpaired) electrons. The van der Waals surface area contributed by atoms with E-state index in [1.54, 1.807) is 0 Å². The lowest BCUT2D eigenvalue weighted by Crippen LogP contribution is -2.30. The maximum atomic E-state index is 12.8. The highest BCUT2D eigenvalue weighted by Crippen LogP contribution is 2.12. The fourth-order valence-electron chi connectivity index (χ4n) is 6.12. The molecule has 0 amide bonds. The first kappa shape index (κ1) is 57.1. The summed E-state index contributed by atoms with van der Waals surface area (Å²) in [6, 6.07) is 0. The van der Waals surface area contributed by atoms with Crippen molar-refractivity contribution in [3.8, 4) is 0 Å². The first-order chi connectivity index (χ1) is 30.0. The zero-order chi connectivity index (χ0) is 44.4. The Balaban J connectivity index is 4.54. The van der Waals surface area contributed by atoms with Crippen LogP contribution in [0.3, 0.4) is 0 Å². The van der Waals surface area contributed by atoms with Gasteiger partial charge in [-0.3, -0.25) is 14.4 Å². The summed E-state index contributed by atoms with van der Waals surface area (Å²) < 4.78 is 16.7. The predicted octanol–water partition coefficient (Wildman–Crippen LogP) is 16.0. The summed E-state index contributed by atoms with van der Waals surface area (Å²) in [6.07, 6.45) is 65.0. The molecule has 0 fully saturated rings. The smallest absolute Gasteiger partial charge is 0.306 e. The molecule has 0 bridgehead atoms. The maximum absolute atomic E-state index is 12.8. The Hall–Kier alpha value is -3.93. The quantitative estimate of drug-likeness (QED) is 0.0264. The van der Waals surface area contributed by atoms with Crippen molar-refractivity contribution in [2.24, 2.45) is 0 Å². The van der Waals surface area contributed by atoms with Gasteiger partial charge in [0.15, 0.2) is 6.10 Å². The minimum Gasteiger partial charge on any atom is -0.462 e. The number of hydrogen-bond acceptors (Lipinski definition) is 6. The molecule has 344 valence electrons. The van der Waals surface area contributed by atoms with E-state index in [1.165, 1.54) is 25.7 Å². The molecule has 0 spiro atoms. The van der Waals surface area contributed by atoms with E-state index in [-0.39, 0.29) is 31.1 Å². The van der Waals surface area contributed by atoms with E-state index in [2.05, 4.69) is 130 Å². The fourth-order valence-corrected chi connectivity index (χ4v) is 6.12. The molecule has 0 saturated carbocycles. The molecule has 0 aliphatic rings. The van der Waals surface area contributed by atoms with Crippen LogP contribution in [0.1, 0.15) is 201 Å². The average Bonchev–Trinajstić information content (AvgIpc) is 3.26. The van der Waals surface area contributed by atoms with Crippen molar-refractivity contribution in [3.05, 3.63) is 109 Å². The van der Waals surface area contributed by atoms with Gasteiger partial charge in [-0.05, 0) is 122 Å². The minimum atomic E-state index is -0.815. The van der Waals surface area contributed by atoms with E-state index in [0.717, 1.165) is 128 Å². The van der Waals surface area contributed by atoms with Gasteiger partial charge in [-0.25, -0.2) is 0 Å². The van der Waals surface area contributed by atoms with Gasteiger partial charge in [-0.15, -0.1) is 0 Å². The molecule has 0 aliphatic carbocycles. The minimum absolute atomic E-state index is 0.115. The number of carbonyl (C=O) groups is 3. The van der Waals surface area contributed by atoms with E-state index >= 15 is 0 Å². The van der Waals surface area contributed by atoms with Crippen molar-refractivity contribution < 1.29 is 28.6 Å². The maximum Gasteiger partial charge on any atom is 0.306 e. The molecule has 0 aromatic heterocycles. The molecular formula is C55H88O6. The lowest BCUT2D eigenvalue weighted by molar-refractivity contribution is -0.167. The van der Waals surface area contributed by atoms with E-state index in [0.29, 0.717) is 25.7 Å². The van der Waals surface area contributed by atoms with Gasteiger partial charge in [0.2, 0.25) is 0 Å². The van der Waals surface area contributed by atoms with Crippen molar-refractivity contribution in [2.75, 3.05) is 13.2 Å². The Labute approximate surface area is 374 Å². The molecule has 0 N–H and O–H groups in total. The molecule has 0 aromatic carbocycles. The van der Waals surface area contributed by atoms with Crippen LogP contribution in [0, 0.1) is 0 Å². The Morgan fingerprint density at radius 3 is 1.05 bits per heavy atom. The summed E-state index contributed by atoms with van der Waals surface area (Å²) >= 11 is 0. The fraction of sp³-hybridized carbons (Fsp3) is 0.618. The van der Waals surface area contributed by atoms with E-state index in [9.17, 15) is 14.4 Å². The summed E-state index contributed by atoms with van der Waals surface area (Å²) in [5.41, 5.74) is 0. The molecule has 61 heavy (non-hydrogen) atoms. The van der Waals surface area contributed by atoms with Gasteiger partial charge in [0.05, 0.1) is 0 Å². The molecule has 0 aliphatic heterocycles. The molecule has 0 aromatic rings. The van der Waals surface area contributed by atoms with Crippen molar-refractivity contribution in [3.63, 3.8) is 0 Å². The third-order valence-corrected chi connectivity index (χ3v) is 9.74. The summed E-state index contributed by atoms with van der Waals surface area (Å²) in [5.74, 6) is -1.01. The predicted molar refractivity (Wildman–Crippen MR) is 260 cm³/mol. The van der Waals surface area contributed by atoms with Gasteiger partial charge in [-0.1, -0.05) is 169 Å². The highest BCUT2D eigenvalue weighted by atomic mass is 16.6. The molecule has 1 unspecified atom stereocenters. The van der Waals surface area contributed by atoms with Crippen LogP contribution in [-0.4, -0.2) is 37.2 Å².